The Hall–Kier alpha value is 0.778. The second-order valence-corrected chi connectivity index (χ2v) is 2.35. The first-order valence-electron chi connectivity index (χ1n) is 3.04. The van der Waals surface area contributed by atoms with Crippen molar-refractivity contribution in [3.8, 4) is 0 Å². The first-order chi connectivity index (χ1) is 4.63. The summed E-state index contributed by atoms with van der Waals surface area (Å²) in [5.74, 6) is 0. The van der Waals surface area contributed by atoms with Crippen LogP contribution in [0.25, 0.3) is 0 Å². The third-order valence-electron chi connectivity index (χ3n) is 1.54. The maximum absolute atomic E-state index is 8.96. The van der Waals surface area contributed by atoms with E-state index in [4.69, 9.17) is 25.8 Å². The molecule has 1 unspecified atom stereocenters. The number of halogens is 1. The summed E-state index contributed by atoms with van der Waals surface area (Å²) >= 11 is 0. The van der Waals surface area contributed by atoms with Crippen LogP contribution in [0.3, 0.4) is 0 Å². The van der Waals surface area contributed by atoms with Crippen molar-refractivity contribution in [1.29, 1.82) is 0 Å². The number of hydrogen-bond acceptors (Lipinski definition) is 5. The minimum Gasteiger partial charge on any atom is -0.388 e. The van der Waals surface area contributed by atoms with Crippen LogP contribution in [-0.4, -0.2) is 46.5 Å². The van der Waals surface area contributed by atoms with Gasteiger partial charge in [0.25, 0.3) is 0 Å². The average molecular weight is 381 g/mol. The van der Waals surface area contributed by atoms with E-state index in [1.807, 2.05) is 0 Å². The van der Waals surface area contributed by atoms with Crippen molar-refractivity contribution in [3.05, 3.63) is 0 Å². The molecule has 1 aliphatic heterocycles. The Morgan fingerprint density at radius 2 is 1.67 bits per heavy atom. The number of rotatable bonds is 0. The summed E-state index contributed by atoms with van der Waals surface area (Å²) < 4.78 is 4.69. The van der Waals surface area contributed by atoms with Crippen molar-refractivity contribution in [1.82, 2.24) is 0 Å². The molecule has 0 saturated carbocycles. The normalized spacial score (nSPS) is 41.0. The number of nitrogens with two attached hydrogens (primary N) is 1. The molecule has 1 aliphatic rings. The topological polar surface area (TPSA) is 95.9 Å². The van der Waals surface area contributed by atoms with Crippen molar-refractivity contribution in [2.24, 2.45) is 5.73 Å². The molecule has 4 atom stereocenters. The van der Waals surface area contributed by atoms with Crippen LogP contribution < -0.4 is 5.73 Å². The molecule has 0 aromatic carbocycles. The molecule has 1 rings (SSSR count). The Labute approximate surface area is 90.6 Å². The van der Waals surface area contributed by atoms with Crippen LogP contribution >= 0.6 is 12.4 Å². The van der Waals surface area contributed by atoms with Crippen LogP contribution in [0.5, 0.6) is 0 Å². The molecule has 1 fully saturated rings. The SMILES string of the molecule is Cl.NC1OC[C@@H](O)[C@@H](O)[C@H]1O.[Pt]. The monoisotopic (exact) mass is 380 g/mol. The molecule has 1 heterocycles. The first kappa shape index (κ1) is 15.3. The fraction of sp³-hybridized carbons (Fsp3) is 1.00. The molecule has 0 aliphatic carbocycles. The largest absolute Gasteiger partial charge is 0.388 e. The summed E-state index contributed by atoms with van der Waals surface area (Å²) in [6.45, 7) is -0.0284. The van der Waals surface area contributed by atoms with Gasteiger partial charge in [0.15, 0.2) is 0 Å². The zero-order chi connectivity index (χ0) is 7.72. The number of aliphatic hydroxyl groups excluding tert-OH is 3. The van der Waals surface area contributed by atoms with Crippen molar-refractivity contribution < 1.29 is 41.1 Å². The van der Waals surface area contributed by atoms with E-state index in [1.54, 1.807) is 0 Å². The maximum Gasteiger partial charge on any atom is 0.134 e. The summed E-state index contributed by atoms with van der Waals surface area (Å²) in [6.07, 6.45) is -4.30. The minimum absolute atomic E-state index is 0. The predicted octanol–water partition coefficient (Wildman–Crippen LogP) is -2.20. The molecule has 0 radical (unpaired) electrons. The van der Waals surface area contributed by atoms with Gasteiger partial charge in [-0.2, -0.15) is 0 Å². The number of aliphatic hydroxyl groups is 3. The van der Waals surface area contributed by atoms with Gasteiger partial charge in [0.1, 0.15) is 24.5 Å². The third kappa shape index (κ3) is 3.26. The summed E-state index contributed by atoms with van der Waals surface area (Å²) in [7, 11) is 0. The third-order valence-corrected chi connectivity index (χ3v) is 1.54. The molecule has 5 nitrogen and oxygen atoms in total. The van der Waals surface area contributed by atoms with Gasteiger partial charge in [-0.05, 0) is 0 Å². The Morgan fingerprint density at radius 3 is 2.08 bits per heavy atom. The van der Waals surface area contributed by atoms with Gasteiger partial charge in [0.05, 0.1) is 6.61 Å². The first-order valence-corrected chi connectivity index (χ1v) is 3.04. The van der Waals surface area contributed by atoms with Crippen molar-refractivity contribution >= 4 is 12.4 Å². The molecule has 0 aromatic heterocycles. The second kappa shape index (κ2) is 6.27. The molecule has 1 saturated heterocycles. The number of hydrogen-bond donors (Lipinski definition) is 4. The van der Waals surface area contributed by atoms with Gasteiger partial charge in [-0.25, -0.2) is 0 Å². The van der Waals surface area contributed by atoms with E-state index in [1.165, 1.54) is 0 Å². The van der Waals surface area contributed by atoms with Gasteiger partial charge in [-0.15, -0.1) is 12.4 Å². The van der Waals surface area contributed by atoms with Crippen LogP contribution in [-0.2, 0) is 25.8 Å². The van der Waals surface area contributed by atoms with E-state index in [0.29, 0.717) is 0 Å². The van der Waals surface area contributed by atoms with Gasteiger partial charge in [-0.3, -0.25) is 0 Å². The van der Waals surface area contributed by atoms with Gasteiger partial charge < -0.3 is 25.8 Å². The molecular formula is C5H12ClNO4Pt. The van der Waals surface area contributed by atoms with E-state index in [0.717, 1.165) is 0 Å². The summed E-state index contributed by atoms with van der Waals surface area (Å²) in [4.78, 5) is 0. The zero-order valence-electron chi connectivity index (χ0n) is 6.07. The molecule has 5 N–H and O–H groups in total. The van der Waals surface area contributed by atoms with Gasteiger partial charge in [0.2, 0.25) is 0 Å². The van der Waals surface area contributed by atoms with E-state index < -0.39 is 24.5 Å². The van der Waals surface area contributed by atoms with Gasteiger partial charge in [-0.1, -0.05) is 0 Å². The Bertz CT molecular complexity index is 116. The average Bonchev–Trinajstić information content (AvgIpc) is 1.93. The fourth-order valence-electron chi connectivity index (χ4n) is 0.829. The molecule has 78 valence electrons. The summed E-state index contributed by atoms with van der Waals surface area (Å²) in [5, 5.41) is 26.8. The molecule has 0 spiro atoms. The quantitative estimate of drug-likeness (QED) is 0.383. The summed E-state index contributed by atoms with van der Waals surface area (Å²) in [5.41, 5.74) is 5.19. The van der Waals surface area contributed by atoms with Gasteiger partial charge >= 0.3 is 0 Å². The van der Waals surface area contributed by atoms with E-state index >= 15 is 0 Å². The smallest absolute Gasteiger partial charge is 0.134 e. The Morgan fingerprint density at radius 1 is 1.17 bits per heavy atom. The molecule has 7 heteroatoms. The molecule has 12 heavy (non-hydrogen) atoms. The van der Waals surface area contributed by atoms with Crippen molar-refractivity contribution in [3.63, 3.8) is 0 Å². The standard InChI is InChI=1S/C5H11NO4.ClH.Pt/c6-5-4(9)3(8)2(7)1-10-5;;/h2-5,7-9H,1,6H2;1H;/t2-,3-,4-,5?;;/m1../s1. The van der Waals surface area contributed by atoms with Crippen molar-refractivity contribution in [2.75, 3.05) is 6.61 Å². The van der Waals surface area contributed by atoms with E-state index in [2.05, 4.69) is 0 Å². The van der Waals surface area contributed by atoms with E-state index in [-0.39, 0.29) is 40.1 Å². The minimum atomic E-state index is -1.19. The Kier molecular flexibility index (Phi) is 7.97. The molecule has 0 amide bonds. The molecule has 0 aromatic rings. The van der Waals surface area contributed by atoms with Crippen LogP contribution in [0, 0.1) is 0 Å². The molecule has 0 bridgehead atoms. The zero-order valence-corrected chi connectivity index (χ0v) is 9.16. The van der Waals surface area contributed by atoms with Crippen LogP contribution in [0.1, 0.15) is 0 Å². The number of ether oxygens (including phenoxy) is 1. The fourth-order valence-corrected chi connectivity index (χ4v) is 0.829. The van der Waals surface area contributed by atoms with Gasteiger partial charge in [0, 0.05) is 21.1 Å². The van der Waals surface area contributed by atoms with Crippen LogP contribution in [0.15, 0.2) is 0 Å². The van der Waals surface area contributed by atoms with Crippen molar-refractivity contribution in [2.45, 2.75) is 24.5 Å². The van der Waals surface area contributed by atoms with E-state index in [9.17, 15) is 0 Å². The maximum atomic E-state index is 8.96. The predicted molar refractivity (Wildman–Crippen MR) is 39.2 cm³/mol. The molecular weight excluding hydrogens is 369 g/mol. The Balaban J connectivity index is 0. The van der Waals surface area contributed by atoms with Crippen LogP contribution in [0.2, 0.25) is 0 Å². The van der Waals surface area contributed by atoms with Crippen LogP contribution in [0.4, 0.5) is 0 Å². The second-order valence-electron chi connectivity index (χ2n) is 2.35. The summed E-state index contributed by atoms with van der Waals surface area (Å²) in [6, 6.07) is 0.